The number of aliphatic carboxylic acids is 1. The van der Waals surface area contributed by atoms with E-state index >= 15 is 0 Å². The van der Waals surface area contributed by atoms with Gasteiger partial charge in [-0.05, 0) is 18.1 Å². The van der Waals surface area contributed by atoms with Gasteiger partial charge in [0.15, 0.2) is 0 Å². The molecule has 1 aromatic carbocycles. The van der Waals surface area contributed by atoms with E-state index < -0.39 is 35.8 Å². The summed E-state index contributed by atoms with van der Waals surface area (Å²) in [6.45, 7) is 1.14. The zero-order valence-corrected chi connectivity index (χ0v) is 18.1. The normalized spacial score (nSPS) is 12.1. The number of carboxylic acid groups (broad SMARTS) is 1. The molecule has 0 saturated carbocycles. The molecule has 2 aromatic heterocycles. The number of ether oxygens (including phenoxy) is 2. The van der Waals surface area contributed by atoms with Gasteiger partial charge in [0, 0.05) is 20.6 Å². The van der Waals surface area contributed by atoms with Gasteiger partial charge in [0.25, 0.3) is 5.56 Å². The minimum absolute atomic E-state index is 0.120. The second-order valence-corrected chi connectivity index (χ2v) is 7.78. The molecule has 0 aliphatic carbocycles. The number of fused-ring (bicyclic) bond motifs is 1. The number of benzene rings is 1. The third kappa shape index (κ3) is 4.30. The van der Waals surface area contributed by atoms with Gasteiger partial charge in [0.1, 0.15) is 16.3 Å². The van der Waals surface area contributed by atoms with Crippen LogP contribution in [0.3, 0.4) is 0 Å². The molecule has 31 heavy (non-hydrogen) atoms. The van der Waals surface area contributed by atoms with E-state index in [0.29, 0.717) is 5.56 Å². The summed E-state index contributed by atoms with van der Waals surface area (Å²) in [6, 6.07) is 9.29. The van der Waals surface area contributed by atoms with E-state index in [2.05, 4.69) is 0 Å². The summed E-state index contributed by atoms with van der Waals surface area (Å²) in [5.41, 5.74) is -0.162. The topological polar surface area (TPSA) is 117 Å². The maximum Gasteiger partial charge on any atom is 0.348 e. The molecule has 0 saturated heterocycles. The van der Waals surface area contributed by atoms with Crippen LogP contribution in [0, 0.1) is 0 Å². The Labute approximate surface area is 181 Å². The lowest BCUT2D eigenvalue weighted by molar-refractivity contribution is -0.137. The molecule has 3 aromatic rings. The second-order valence-electron chi connectivity index (χ2n) is 6.78. The van der Waals surface area contributed by atoms with Crippen LogP contribution in [0.4, 0.5) is 0 Å². The smallest absolute Gasteiger partial charge is 0.348 e. The summed E-state index contributed by atoms with van der Waals surface area (Å²) >= 11 is 0.881. The molecule has 0 aliphatic rings. The Balaban J connectivity index is 2.31. The summed E-state index contributed by atoms with van der Waals surface area (Å²) in [5, 5.41) is 9.38. The molecular weight excluding hydrogens is 424 g/mol. The molecule has 1 atom stereocenters. The first kappa shape index (κ1) is 22.4. The Hall–Kier alpha value is -3.24. The van der Waals surface area contributed by atoms with Crippen molar-refractivity contribution in [1.82, 2.24) is 9.13 Å². The summed E-state index contributed by atoms with van der Waals surface area (Å²) in [5.74, 6) is -1.88. The van der Waals surface area contributed by atoms with Crippen LogP contribution in [-0.2, 0) is 34.3 Å². The Morgan fingerprint density at radius 1 is 1.19 bits per heavy atom. The lowest BCUT2D eigenvalue weighted by Crippen LogP contribution is -2.39. The van der Waals surface area contributed by atoms with Crippen LogP contribution >= 0.6 is 11.3 Å². The fraction of sp³-hybridized carbons (Fsp3) is 0.333. The summed E-state index contributed by atoms with van der Waals surface area (Å²) < 4.78 is 12.6. The van der Waals surface area contributed by atoms with Crippen LogP contribution in [-0.4, -0.2) is 39.9 Å². The van der Waals surface area contributed by atoms with Crippen molar-refractivity contribution in [3.63, 3.8) is 0 Å². The number of esters is 1. The van der Waals surface area contributed by atoms with Crippen LogP contribution in [0.25, 0.3) is 10.2 Å². The molecule has 3 rings (SSSR count). The second kappa shape index (κ2) is 9.27. The lowest BCUT2D eigenvalue weighted by atomic mass is 9.99. The highest BCUT2D eigenvalue weighted by Gasteiger charge is 2.28. The molecule has 164 valence electrons. The molecule has 0 spiro atoms. The standard InChI is InChI=1S/C21H22N2O7S/c1-4-30-20(27)17-13(10-14(29-3)12-8-6-5-7-9-12)16-18(26)22(2)21(28)23(11-15(24)25)19(16)31-17/h5-9,14H,4,10-11H2,1-3H3,(H,24,25)/t14-/m0/s1. The van der Waals surface area contributed by atoms with Crippen LogP contribution in [0.1, 0.15) is 33.8 Å². The molecule has 0 unspecified atom stereocenters. The van der Waals surface area contributed by atoms with Gasteiger partial charge in [0.05, 0.1) is 18.1 Å². The average Bonchev–Trinajstić information content (AvgIpc) is 3.13. The van der Waals surface area contributed by atoms with Crippen molar-refractivity contribution in [3.8, 4) is 0 Å². The monoisotopic (exact) mass is 446 g/mol. The van der Waals surface area contributed by atoms with Gasteiger partial charge >= 0.3 is 17.6 Å². The van der Waals surface area contributed by atoms with Gasteiger partial charge in [0.2, 0.25) is 0 Å². The number of methoxy groups -OCH3 is 1. The fourth-order valence-corrected chi connectivity index (χ4v) is 4.62. The Kier molecular flexibility index (Phi) is 6.71. The van der Waals surface area contributed by atoms with E-state index in [-0.39, 0.29) is 28.1 Å². The number of hydrogen-bond acceptors (Lipinski definition) is 7. The first-order chi connectivity index (χ1) is 14.8. The van der Waals surface area contributed by atoms with Crippen molar-refractivity contribution in [2.24, 2.45) is 7.05 Å². The van der Waals surface area contributed by atoms with Gasteiger partial charge < -0.3 is 14.6 Å². The summed E-state index contributed by atoms with van der Waals surface area (Å²) in [6.07, 6.45) is -0.313. The van der Waals surface area contributed by atoms with E-state index in [1.54, 1.807) is 6.92 Å². The largest absolute Gasteiger partial charge is 0.480 e. The molecule has 0 aliphatic heterocycles. The van der Waals surface area contributed by atoms with Crippen molar-refractivity contribution >= 4 is 33.5 Å². The highest BCUT2D eigenvalue weighted by atomic mass is 32.1. The van der Waals surface area contributed by atoms with E-state index in [0.717, 1.165) is 26.0 Å². The molecule has 0 bridgehead atoms. The number of nitrogens with zero attached hydrogens (tertiary/aromatic N) is 2. The number of aromatic nitrogens is 2. The summed E-state index contributed by atoms with van der Waals surface area (Å²) in [7, 11) is 2.80. The van der Waals surface area contributed by atoms with Crippen LogP contribution in [0.15, 0.2) is 39.9 Å². The zero-order valence-electron chi connectivity index (χ0n) is 17.3. The van der Waals surface area contributed by atoms with Crippen molar-refractivity contribution in [3.05, 3.63) is 67.2 Å². The van der Waals surface area contributed by atoms with Gasteiger partial charge in [-0.25, -0.2) is 9.59 Å². The maximum absolute atomic E-state index is 13.0. The van der Waals surface area contributed by atoms with Gasteiger partial charge in [-0.15, -0.1) is 11.3 Å². The Bertz CT molecular complexity index is 1240. The van der Waals surface area contributed by atoms with Crippen molar-refractivity contribution in [2.45, 2.75) is 26.0 Å². The van der Waals surface area contributed by atoms with E-state index in [9.17, 15) is 24.3 Å². The van der Waals surface area contributed by atoms with E-state index in [1.807, 2.05) is 30.3 Å². The fourth-order valence-electron chi connectivity index (χ4n) is 3.41. The SMILES string of the molecule is CCOC(=O)c1sc2c(c1C[C@H](OC)c1ccccc1)c(=O)n(C)c(=O)n2CC(=O)O. The molecule has 10 heteroatoms. The number of rotatable bonds is 8. The quantitative estimate of drug-likeness (QED) is 0.526. The van der Waals surface area contributed by atoms with Crippen LogP contribution in [0.2, 0.25) is 0 Å². The highest BCUT2D eigenvalue weighted by molar-refractivity contribution is 7.20. The van der Waals surface area contributed by atoms with Gasteiger partial charge in [-0.1, -0.05) is 30.3 Å². The predicted octanol–water partition coefficient (Wildman–Crippen LogP) is 1.95. The van der Waals surface area contributed by atoms with Crippen LogP contribution < -0.4 is 11.2 Å². The molecule has 0 amide bonds. The number of hydrogen-bond donors (Lipinski definition) is 1. The average molecular weight is 446 g/mol. The molecule has 0 radical (unpaired) electrons. The minimum Gasteiger partial charge on any atom is -0.480 e. The first-order valence-corrected chi connectivity index (χ1v) is 10.3. The number of carbonyl (C=O) groups excluding carboxylic acids is 1. The molecular formula is C21H22N2O7S. The van der Waals surface area contributed by atoms with E-state index in [4.69, 9.17) is 9.47 Å². The van der Waals surface area contributed by atoms with Crippen molar-refractivity contribution < 1.29 is 24.2 Å². The number of carbonyl (C=O) groups is 2. The minimum atomic E-state index is -1.24. The van der Waals surface area contributed by atoms with Crippen molar-refractivity contribution in [2.75, 3.05) is 13.7 Å². The third-order valence-corrected chi connectivity index (χ3v) is 6.10. The van der Waals surface area contributed by atoms with Gasteiger partial charge in [-0.3, -0.25) is 18.7 Å². The third-order valence-electron chi connectivity index (χ3n) is 4.87. The molecule has 1 N–H and O–H groups in total. The Morgan fingerprint density at radius 3 is 2.45 bits per heavy atom. The Morgan fingerprint density at radius 2 is 1.87 bits per heavy atom. The molecule has 9 nitrogen and oxygen atoms in total. The number of thiophene rings is 1. The number of carboxylic acids is 1. The van der Waals surface area contributed by atoms with Crippen LogP contribution in [0.5, 0.6) is 0 Å². The molecule has 0 fully saturated rings. The van der Waals surface area contributed by atoms with E-state index in [1.165, 1.54) is 14.2 Å². The summed E-state index contributed by atoms with van der Waals surface area (Å²) in [4.78, 5) is 49.9. The first-order valence-electron chi connectivity index (χ1n) is 9.51. The highest BCUT2D eigenvalue weighted by Crippen LogP contribution is 2.33. The van der Waals surface area contributed by atoms with Gasteiger partial charge in [-0.2, -0.15) is 0 Å². The molecule has 2 heterocycles. The predicted molar refractivity (Wildman–Crippen MR) is 115 cm³/mol. The van der Waals surface area contributed by atoms with Crippen molar-refractivity contribution in [1.29, 1.82) is 0 Å². The maximum atomic E-state index is 13.0. The lowest BCUT2D eigenvalue weighted by Gasteiger charge is -2.16. The zero-order chi connectivity index (χ0) is 22.7.